The summed E-state index contributed by atoms with van der Waals surface area (Å²) in [6, 6.07) is 2.55. The number of benzene rings is 1. The van der Waals surface area contributed by atoms with Crippen LogP contribution < -0.4 is 5.73 Å². The highest BCUT2D eigenvalue weighted by Gasteiger charge is 2.26. The summed E-state index contributed by atoms with van der Waals surface area (Å²) in [5, 5.41) is 8.13. The van der Waals surface area contributed by atoms with E-state index >= 15 is 0 Å². The van der Waals surface area contributed by atoms with Crippen molar-refractivity contribution in [2.45, 2.75) is 26.2 Å². The number of nitrogen functional groups attached to an aromatic ring is 1. The van der Waals surface area contributed by atoms with Gasteiger partial charge in [-0.3, -0.25) is 0 Å². The Bertz CT molecular complexity index is 610. The van der Waals surface area contributed by atoms with Gasteiger partial charge < -0.3 is 5.73 Å². The number of nitrogens with two attached hydrogens (primary N) is 1. The van der Waals surface area contributed by atoms with Gasteiger partial charge in [0.1, 0.15) is 5.82 Å². The highest BCUT2D eigenvalue weighted by atomic mass is 79.9. The van der Waals surface area contributed by atoms with Gasteiger partial charge in [-0.15, -0.1) is 5.10 Å². The highest BCUT2D eigenvalue weighted by Crippen LogP contribution is 2.35. The van der Waals surface area contributed by atoms with E-state index < -0.39 is 5.82 Å². The monoisotopic (exact) mass is 346 g/mol. The maximum atomic E-state index is 13.3. The summed E-state index contributed by atoms with van der Waals surface area (Å²) in [5.74, 6) is -0.0918. The van der Waals surface area contributed by atoms with Gasteiger partial charge >= 0.3 is 0 Å². The van der Waals surface area contributed by atoms with Crippen LogP contribution >= 0.6 is 27.5 Å². The Hall–Kier alpha value is -1.14. The fourth-order valence-electron chi connectivity index (χ4n) is 1.89. The molecule has 0 aliphatic heterocycles. The van der Waals surface area contributed by atoms with E-state index in [1.807, 2.05) is 20.8 Å². The van der Waals surface area contributed by atoms with Crippen LogP contribution in [0.15, 0.2) is 16.6 Å². The Morgan fingerprint density at radius 3 is 2.53 bits per heavy atom. The number of nitrogens with zero attached hydrogens (tertiary/aromatic N) is 3. The summed E-state index contributed by atoms with van der Waals surface area (Å²) in [7, 11) is 0. The van der Waals surface area contributed by atoms with Crippen molar-refractivity contribution >= 4 is 33.3 Å². The molecule has 7 heteroatoms. The normalized spacial score (nSPS) is 11.9. The fraction of sp³-hybridized carbons (Fsp3) is 0.333. The third kappa shape index (κ3) is 2.60. The molecule has 2 N–H and O–H groups in total. The molecular weight excluding hydrogens is 335 g/mol. The topological polar surface area (TPSA) is 56.7 Å². The van der Waals surface area contributed by atoms with Crippen molar-refractivity contribution in [2.75, 3.05) is 5.73 Å². The van der Waals surface area contributed by atoms with Crippen LogP contribution in [-0.2, 0) is 5.41 Å². The van der Waals surface area contributed by atoms with Crippen LogP contribution in [0.25, 0.3) is 5.69 Å². The molecule has 0 aliphatic rings. The molecule has 0 radical (unpaired) electrons. The van der Waals surface area contributed by atoms with Crippen molar-refractivity contribution in [3.63, 3.8) is 0 Å². The maximum Gasteiger partial charge on any atom is 0.170 e. The summed E-state index contributed by atoms with van der Waals surface area (Å²) < 4.78 is 15.3. The van der Waals surface area contributed by atoms with E-state index in [1.54, 1.807) is 4.68 Å². The van der Waals surface area contributed by atoms with Gasteiger partial charge in [-0.2, -0.15) is 0 Å². The first kappa shape index (κ1) is 14.3. The van der Waals surface area contributed by atoms with Gasteiger partial charge in [-0.25, -0.2) is 9.07 Å². The smallest absolute Gasteiger partial charge is 0.170 e. The molecular formula is C12H13BrClFN4. The summed E-state index contributed by atoms with van der Waals surface area (Å²) in [5.41, 5.74) is 6.84. The molecule has 0 saturated carbocycles. The molecule has 0 atom stereocenters. The first-order valence-electron chi connectivity index (χ1n) is 5.58. The highest BCUT2D eigenvalue weighted by molar-refractivity contribution is 9.10. The second-order valence-corrected chi connectivity index (χ2v) is 6.46. The van der Waals surface area contributed by atoms with Crippen molar-refractivity contribution in [2.24, 2.45) is 0 Å². The third-order valence-corrected chi connectivity index (χ3v) is 3.49. The molecule has 1 heterocycles. The van der Waals surface area contributed by atoms with Crippen LogP contribution in [0, 0.1) is 5.82 Å². The molecule has 1 aromatic heterocycles. The van der Waals surface area contributed by atoms with E-state index in [9.17, 15) is 4.39 Å². The van der Waals surface area contributed by atoms with Crippen molar-refractivity contribution in [3.8, 4) is 5.69 Å². The van der Waals surface area contributed by atoms with Crippen LogP contribution in [0.1, 0.15) is 26.5 Å². The van der Waals surface area contributed by atoms with Crippen LogP contribution in [0.2, 0.25) is 5.02 Å². The lowest BCUT2D eigenvalue weighted by Gasteiger charge is -2.21. The van der Waals surface area contributed by atoms with E-state index in [0.29, 0.717) is 16.0 Å². The zero-order chi connectivity index (χ0) is 14.4. The first-order chi connectivity index (χ1) is 8.71. The minimum Gasteiger partial charge on any atom is -0.381 e. The molecule has 1 aromatic carbocycles. The Morgan fingerprint density at radius 1 is 1.37 bits per heavy atom. The first-order valence-corrected chi connectivity index (χ1v) is 6.75. The zero-order valence-electron chi connectivity index (χ0n) is 10.7. The lowest BCUT2D eigenvalue weighted by atomic mass is 9.91. The second kappa shape index (κ2) is 4.76. The number of hydrogen-bond donors (Lipinski definition) is 1. The molecule has 19 heavy (non-hydrogen) atoms. The predicted molar refractivity (Wildman–Crippen MR) is 77.1 cm³/mol. The molecule has 0 aliphatic carbocycles. The molecule has 0 saturated heterocycles. The SMILES string of the molecule is CC(C)(C)c1c(N)nnn1-c1c(Cl)cc(F)cc1Br. The predicted octanol–water partition coefficient (Wildman–Crippen LogP) is 3.70. The second-order valence-electron chi connectivity index (χ2n) is 5.20. The minimum absolute atomic E-state index is 0.238. The number of aromatic nitrogens is 3. The average Bonchev–Trinajstić information content (AvgIpc) is 2.57. The van der Waals surface area contributed by atoms with Gasteiger partial charge in [0.15, 0.2) is 5.82 Å². The van der Waals surface area contributed by atoms with Gasteiger partial charge in [0.2, 0.25) is 0 Å². The Labute approximate surface area is 123 Å². The van der Waals surface area contributed by atoms with Crippen LogP contribution in [-0.4, -0.2) is 15.0 Å². The van der Waals surface area contributed by atoms with Crippen molar-refractivity contribution in [1.29, 1.82) is 0 Å². The number of rotatable bonds is 1. The molecule has 2 rings (SSSR count). The molecule has 0 unspecified atom stereocenters. The molecule has 102 valence electrons. The number of anilines is 1. The fourth-order valence-corrected chi connectivity index (χ4v) is 2.89. The largest absolute Gasteiger partial charge is 0.381 e. The van der Waals surface area contributed by atoms with E-state index in [0.717, 1.165) is 5.69 Å². The van der Waals surface area contributed by atoms with Crippen LogP contribution in [0.3, 0.4) is 0 Å². The van der Waals surface area contributed by atoms with Gasteiger partial charge in [-0.05, 0) is 28.1 Å². The minimum atomic E-state index is -0.425. The quantitative estimate of drug-likeness (QED) is 0.855. The lowest BCUT2D eigenvalue weighted by Crippen LogP contribution is -2.19. The summed E-state index contributed by atoms with van der Waals surface area (Å²) in [4.78, 5) is 0. The third-order valence-electron chi connectivity index (χ3n) is 2.60. The van der Waals surface area contributed by atoms with E-state index in [-0.39, 0.29) is 10.4 Å². The average molecular weight is 348 g/mol. The summed E-state index contributed by atoms with van der Waals surface area (Å²) in [6.45, 7) is 5.97. The van der Waals surface area contributed by atoms with E-state index in [1.165, 1.54) is 12.1 Å². The van der Waals surface area contributed by atoms with Crippen molar-refractivity contribution in [1.82, 2.24) is 15.0 Å². The zero-order valence-corrected chi connectivity index (χ0v) is 13.0. The molecule has 4 nitrogen and oxygen atoms in total. The number of hydrogen-bond acceptors (Lipinski definition) is 3. The van der Waals surface area contributed by atoms with Crippen LogP contribution in [0.4, 0.5) is 10.2 Å². The Kier molecular flexibility index (Phi) is 3.57. The Balaban J connectivity index is 2.74. The van der Waals surface area contributed by atoms with Crippen LogP contribution in [0.5, 0.6) is 0 Å². The molecule has 0 fully saturated rings. The van der Waals surface area contributed by atoms with Gasteiger partial charge in [0.25, 0.3) is 0 Å². The number of halogens is 3. The van der Waals surface area contributed by atoms with E-state index in [2.05, 4.69) is 26.2 Å². The molecule has 2 aromatic rings. The molecule has 0 bridgehead atoms. The maximum absolute atomic E-state index is 13.3. The summed E-state index contributed by atoms with van der Waals surface area (Å²) in [6.07, 6.45) is 0. The van der Waals surface area contributed by atoms with Gasteiger partial charge in [0.05, 0.1) is 16.4 Å². The van der Waals surface area contributed by atoms with Crippen molar-refractivity contribution < 1.29 is 4.39 Å². The standard InChI is InChI=1S/C12H13BrClFN4/c1-12(2,3)10-11(16)17-18-19(10)9-7(13)4-6(15)5-8(9)14/h4-5H,16H2,1-3H3. The molecule has 0 spiro atoms. The Morgan fingerprint density at radius 2 is 2.00 bits per heavy atom. The van der Waals surface area contributed by atoms with Gasteiger partial charge in [0, 0.05) is 9.89 Å². The van der Waals surface area contributed by atoms with Gasteiger partial charge in [-0.1, -0.05) is 37.6 Å². The van der Waals surface area contributed by atoms with Crippen molar-refractivity contribution in [3.05, 3.63) is 33.1 Å². The summed E-state index contributed by atoms with van der Waals surface area (Å²) >= 11 is 9.39. The van der Waals surface area contributed by atoms with E-state index in [4.69, 9.17) is 17.3 Å². The molecule has 0 amide bonds. The lowest BCUT2D eigenvalue weighted by molar-refractivity contribution is 0.543.